The van der Waals surface area contributed by atoms with Crippen LogP contribution >= 0.6 is 0 Å². The van der Waals surface area contributed by atoms with Crippen molar-refractivity contribution in [2.75, 3.05) is 26.2 Å². The second kappa shape index (κ2) is 9.11. The molecular formula is C20H27N3O6. The molecule has 9 heteroatoms. The molecule has 2 unspecified atom stereocenters. The molecule has 0 bridgehead atoms. The predicted octanol–water partition coefficient (Wildman–Crippen LogP) is 0.140. The highest BCUT2D eigenvalue weighted by atomic mass is 16.2. The standard InChI is InChI=1S/C20H27N3O6/c1-12-11-17(26)22(18(12)27)9-7-21(16(25)6-5-13(2)24)8-10-23-19(28)14(3)15(4)20(23)29/h11,14-15H,5-10H2,1-4H3. The molecule has 2 heterocycles. The van der Waals surface area contributed by atoms with Crippen LogP contribution in [0.1, 0.15) is 40.5 Å². The van der Waals surface area contributed by atoms with Crippen LogP contribution in [0.2, 0.25) is 0 Å². The minimum atomic E-state index is -0.434. The number of amides is 5. The van der Waals surface area contributed by atoms with Gasteiger partial charge in [-0.2, -0.15) is 0 Å². The Morgan fingerprint density at radius 1 is 0.931 bits per heavy atom. The molecule has 0 radical (unpaired) electrons. The van der Waals surface area contributed by atoms with Crippen molar-refractivity contribution in [2.24, 2.45) is 11.8 Å². The Bertz CT molecular complexity index is 767. The van der Waals surface area contributed by atoms with E-state index in [4.69, 9.17) is 0 Å². The van der Waals surface area contributed by atoms with E-state index in [9.17, 15) is 28.8 Å². The average Bonchev–Trinajstić information content (AvgIpc) is 3.01. The summed E-state index contributed by atoms with van der Waals surface area (Å²) in [5.74, 6) is -2.65. The van der Waals surface area contributed by atoms with Gasteiger partial charge in [-0.05, 0) is 13.8 Å². The molecule has 1 fully saturated rings. The third-order valence-corrected chi connectivity index (χ3v) is 5.48. The molecule has 29 heavy (non-hydrogen) atoms. The lowest BCUT2D eigenvalue weighted by Crippen LogP contribution is -2.45. The molecule has 2 rings (SSSR count). The third-order valence-electron chi connectivity index (χ3n) is 5.48. The van der Waals surface area contributed by atoms with Crippen LogP contribution in [0.15, 0.2) is 11.6 Å². The van der Waals surface area contributed by atoms with Gasteiger partial charge in [-0.3, -0.25) is 33.8 Å². The fraction of sp³-hybridized carbons (Fsp3) is 0.600. The van der Waals surface area contributed by atoms with Crippen molar-refractivity contribution in [3.05, 3.63) is 11.6 Å². The van der Waals surface area contributed by atoms with Crippen LogP contribution in [0.4, 0.5) is 0 Å². The zero-order valence-electron chi connectivity index (χ0n) is 17.3. The minimum absolute atomic E-state index is 0.00597. The van der Waals surface area contributed by atoms with Gasteiger partial charge in [0.1, 0.15) is 5.78 Å². The maximum atomic E-state index is 12.6. The first kappa shape index (κ1) is 22.4. The van der Waals surface area contributed by atoms with E-state index in [0.29, 0.717) is 5.57 Å². The van der Waals surface area contributed by atoms with Crippen molar-refractivity contribution in [1.29, 1.82) is 0 Å². The van der Waals surface area contributed by atoms with Gasteiger partial charge in [0.05, 0.1) is 0 Å². The predicted molar refractivity (Wildman–Crippen MR) is 102 cm³/mol. The highest BCUT2D eigenvalue weighted by molar-refractivity contribution is 6.15. The molecule has 0 spiro atoms. The summed E-state index contributed by atoms with van der Waals surface area (Å²) in [4.78, 5) is 75.8. The Kier molecular flexibility index (Phi) is 7.05. The van der Waals surface area contributed by atoms with Gasteiger partial charge in [0.25, 0.3) is 11.8 Å². The van der Waals surface area contributed by atoms with E-state index in [2.05, 4.69) is 0 Å². The highest BCUT2D eigenvalue weighted by Crippen LogP contribution is 2.25. The maximum absolute atomic E-state index is 12.6. The number of ketones is 1. The zero-order chi connectivity index (χ0) is 21.9. The number of hydrogen-bond acceptors (Lipinski definition) is 6. The Morgan fingerprint density at radius 3 is 1.90 bits per heavy atom. The lowest BCUT2D eigenvalue weighted by Gasteiger charge is -2.27. The molecule has 0 aromatic heterocycles. The SMILES string of the molecule is CC(=O)CCC(=O)N(CCN1C(=O)C=C(C)C1=O)CCN1C(=O)C(C)C(C)C1=O. The van der Waals surface area contributed by atoms with Crippen molar-refractivity contribution in [3.63, 3.8) is 0 Å². The zero-order valence-corrected chi connectivity index (χ0v) is 17.3. The van der Waals surface area contributed by atoms with Crippen LogP contribution in [-0.4, -0.2) is 76.2 Å². The molecule has 1 saturated heterocycles. The first-order valence-corrected chi connectivity index (χ1v) is 9.71. The fourth-order valence-electron chi connectivity index (χ4n) is 3.34. The Labute approximate surface area is 169 Å². The minimum Gasteiger partial charge on any atom is -0.339 e. The van der Waals surface area contributed by atoms with E-state index in [1.165, 1.54) is 17.9 Å². The Morgan fingerprint density at radius 2 is 1.45 bits per heavy atom. The molecule has 0 aromatic rings. The van der Waals surface area contributed by atoms with Crippen LogP contribution in [-0.2, 0) is 28.8 Å². The maximum Gasteiger partial charge on any atom is 0.256 e. The van der Waals surface area contributed by atoms with E-state index >= 15 is 0 Å². The number of carbonyl (C=O) groups excluding carboxylic acids is 6. The molecule has 9 nitrogen and oxygen atoms in total. The number of nitrogens with zero attached hydrogens (tertiary/aromatic N) is 3. The highest BCUT2D eigenvalue weighted by Gasteiger charge is 2.42. The smallest absolute Gasteiger partial charge is 0.256 e. The lowest BCUT2D eigenvalue weighted by atomic mass is 10.00. The molecule has 0 aromatic carbocycles. The van der Waals surface area contributed by atoms with Gasteiger partial charge in [0.15, 0.2) is 0 Å². The fourth-order valence-corrected chi connectivity index (χ4v) is 3.34. The quantitative estimate of drug-likeness (QED) is 0.505. The molecule has 0 N–H and O–H groups in total. The molecule has 2 aliphatic heterocycles. The Balaban J connectivity index is 2.03. The number of hydrogen-bond donors (Lipinski definition) is 0. The van der Waals surface area contributed by atoms with Crippen molar-refractivity contribution in [2.45, 2.75) is 40.5 Å². The van der Waals surface area contributed by atoms with Gasteiger partial charge in [-0.15, -0.1) is 0 Å². The molecule has 2 aliphatic rings. The van der Waals surface area contributed by atoms with Crippen LogP contribution in [0.25, 0.3) is 0 Å². The molecule has 2 atom stereocenters. The summed E-state index contributed by atoms with van der Waals surface area (Å²) >= 11 is 0. The number of carbonyl (C=O) groups is 6. The van der Waals surface area contributed by atoms with Gasteiger partial charge >= 0.3 is 0 Å². The summed E-state index contributed by atoms with van der Waals surface area (Å²) in [6.45, 7) is 6.51. The average molecular weight is 405 g/mol. The van der Waals surface area contributed by atoms with E-state index in [-0.39, 0.29) is 62.5 Å². The summed E-state index contributed by atoms with van der Waals surface area (Å²) in [5.41, 5.74) is 0.334. The normalized spacial score (nSPS) is 21.9. The Hall–Kier alpha value is -2.84. The van der Waals surface area contributed by atoms with Gasteiger partial charge in [0, 0.05) is 62.5 Å². The molecular weight excluding hydrogens is 378 g/mol. The molecule has 0 saturated carbocycles. The monoisotopic (exact) mass is 405 g/mol. The molecule has 0 aliphatic carbocycles. The summed E-state index contributed by atoms with van der Waals surface area (Å²) in [5, 5.41) is 0. The number of likely N-dealkylation sites (tertiary alicyclic amines) is 1. The second-order valence-electron chi connectivity index (χ2n) is 7.61. The summed E-state index contributed by atoms with van der Waals surface area (Å²) in [6, 6.07) is 0. The number of rotatable bonds is 9. The number of Topliss-reactive ketones (excluding diaryl/α,β-unsaturated/α-hetero) is 1. The van der Waals surface area contributed by atoms with E-state index in [0.717, 1.165) is 9.80 Å². The topological polar surface area (TPSA) is 112 Å². The summed E-state index contributed by atoms with van der Waals surface area (Å²) in [7, 11) is 0. The van der Waals surface area contributed by atoms with E-state index in [1.54, 1.807) is 20.8 Å². The van der Waals surface area contributed by atoms with Crippen molar-refractivity contribution >= 4 is 35.3 Å². The van der Waals surface area contributed by atoms with Crippen LogP contribution in [0, 0.1) is 11.8 Å². The van der Waals surface area contributed by atoms with Gasteiger partial charge in [0.2, 0.25) is 17.7 Å². The van der Waals surface area contributed by atoms with Gasteiger partial charge in [-0.25, -0.2) is 0 Å². The van der Waals surface area contributed by atoms with Gasteiger partial charge < -0.3 is 9.69 Å². The van der Waals surface area contributed by atoms with Gasteiger partial charge in [-0.1, -0.05) is 13.8 Å². The lowest BCUT2D eigenvalue weighted by molar-refractivity contribution is -0.142. The third kappa shape index (κ3) is 4.96. The summed E-state index contributed by atoms with van der Waals surface area (Å²) < 4.78 is 0. The van der Waals surface area contributed by atoms with Crippen molar-refractivity contribution in [3.8, 4) is 0 Å². The largest absolute Gasteiger partial charge is 0.339 e. The van der Waals surface area contributed by atoms with Crippen molar-refractivity contribution < 1.29 is 28.8 Å². The van der Waals surface area contributed by atoms with Crippen LogP contribution < -0.4 is 0 Å². The first-order valence-electron chi connectivity index (χ1n) is 9.71. The van der Waals surface area contributed by atoms with Crippen molar-refractivity contribution in [1.82, 2.24) is 14.7 Å². The molecule has 5 amide bonds. The summed E-state index contributed by atoms with van der Waals surface area (Å²) in [6.07, 6.45) is 1.31. The van der Waals surface area contributed by atoms with Crippen LogP contribution in [0.3, 0.4) is 0 Å². The second-order valence-corrected chi connectivity index (χ2v) is 7.61. The first-order chi connectivity index (χ1) is 13.5. The number of imide groups is 2. The van der Waals surface area contributed by atoms with Crippen LogP contribution in [0.5, 0.6) is 0 Å². The van der Waals surface area contributed by atoms with E-state index in [1.807, 2.05) is 0 Å². The van der Waals surface area contributed by atoms with E-state index < -0.39 is 23.7 Å². The molecule has 158 valence electrons.